The Kier molecular flexibility index (Phi) is 5.23. The fourth-order valence-electron chi connectivity index (χ4n) is 5.92. The number of aryl methyl sites for hydroxylation is 2. The van der Waals surface area contributed by atoms with E-state index in [0.29, 0.717) is 36.9 Å². The topological polar surface area (TPSA) is 66.2 Å². The first-order valence-electron chi connectivity index (χ1n) is 10.7. The maximum absolute atomic E-state index is 13.3. The first-order valence-corrected chi connectivity index (χ1v) is 10.7. The molecule has 0 N–H and O–H groups in total. The van der Waals surface area contributed by atoms with Crippen LogP contribution < -0.4 is 0 Å². The van der Waals surface area contributed by atoms with Gasteiger partial charge in [-0.25, -0.2) is 0 Å². The van der Waals surface area contributed by atoms with Crippen LogP contribution in [0.15, 0.2) is 10.5 Å². The summed E-state index contributed by atoms with van der Waals surface area (Å²) in [5, 5.41) is 0. The van der Waals surface area contributed by atoms with Gasteiger partial charge in [-0.2, -0.15) is 0 Å². The van der Waals surface area contributed by atoms with Crippen LogP contribution in [0.2, 0.25) is 0 Å². The summed E-state index contributed by atoms with van der Waals surface area (Å²) < 4.78 is 10.8. The summed E-state index contributed by atoms with van der Waals surface area (Å²) in [7, 11) is 3.64. The Balaban J connectivity index is 1.53. The normalized spacial score (nSPS) is 27.0. The Morgan fingerprint density at radius 3 is 2.45 bits per heavy atom. The summed E-state index contributed by atoms with van der Waals surface area (Å²) in [4.78, 5) is 32.6. The maximum Gasteiger partial charge on any atom is 0.257 e. The van der Waals surface area contributed by atoms with E-state index in [1.165, 1.54) is 0 Å². The number of methoxy groups -OCH3 is 1. The summed E-state index contributed by atoms with van der Waals surface area (Å²) in [6.07, 6.45) is 2.66. The highest BCUT2D eigenvalue weighted by atomic mass is 16.5. The average molecular weight is 404 g/mol. The number of nitrogens with zero attached hydrogens (tertiary/aromatic N) is 3. The Morgan fingerprint density at radius 2 is 1.90 bits per heavy atom. The van der Waals surface area contributed by atoms with Crippen LogP contribution in [0.5, 0.6) is 0 Å². The molecule has 0 saturated carbocycles. The van der Waals surface area contributed by atoms with E-state index in [9.17, 15) is 9.59 Å². The van der Waals surface area contributed by atoms with Crippen LogP contribution >= 0.6 is 0 Å². The second-order valence-corrected chi connectivity index (χ2v) is 9.16. The smallest absolute Gasteiger partial charge is 0.257 e. The van der Waals surface area contributed by atoms with Gasteiger partial charge >= 0.3 is 0 Å². The molecule has 3 aliphatic heterocycles. The van der Waals surface area contributed by atoms with E-state index in [2.05, 4.69) is 4.90 Å². The van der Waals surface area contributed by atoms with Crippen molar-refractivity contribution >= 4 is 11.8 Å². The second kappa shape index (κ2) is 7.43. The zero-order chi connectivity index (χ0) is 20.8. The number of hydrogen-bond acceptors (Lipinski definition) is 5. The molecule has 0 aliphatic carbocycles. The number of piperidine rings is 1. The maximum atomic E-state index is 13.3. The number of hydrogen-bond donors (Lipinski definition) is 0. The first-order chi connectivity index (χ1) is 13.8. The van der Waals surface area contributed by atoms with Crippen molar-refractivity contribution in [3.8, 4) is 0 Å². The molecular weight excluding hydrogens is 370 g/mol. The fourth-order valence-corrected chi connectivity index (χ4v) is 5.92. The van der Waals surface area contributed by atoms with Gasteiger partial charge in [-0.15, -0.1) is 0 Å². The van der Waals surface area contributed by atoms with E-state index in [-0.39, 0.29) is 16.7 Å². The van der Waals surface area contributed by atoms with E-state index in [4.69, 9.17) is 9.15 Å². The summed E-state index contributed by atoms with van der Waals surface area (Å²) in [5.41, 5.74) is 0.297. The third-order valence-electron chi connectivity index (χ3n) is 7.56. The number of ether oxygens (including phenoxy) is 1. The van der Waals surface area contributed by atoms with Gasteiger partial charge in [-0.05, 0) is 39.2 Å². The van der Waals surface area contributed by atoms with Crippen molar-refractivity contribution in [1.29, 1.82) is 0 Å². The molecule has 0 radical (unpaired) electrons. The third kappa shape index (κ3) is 3.19. The molecule has 3 saturated heterocycles. The van der Waals surface area contributed by atoms with Gasteiger partial charge in [0, 0.05) is 58.8 Å². The van der Waals surface area contributed by atoms with Gasteiger partial charge in [0.1, 0.15) is 11.5 Å². The number of furan rings is 1. The van der Waals surface area contributed by atoms with Crippen LogP contribution in [0.3, 0.4) is 0 Å². The fraction of sp³-hybridized carbons (Fsp3) is 0.727. The molecule has 3 aliphatic rings. The monoisotopic (exact) mass is 403 g/mol. The minimum atomic E-state index is -0.313. The van der Waals surface area contributed by atoms with E-state index in [1.807, 2.05) is 36.8 Å². The van der Waals surface area contributed by atoms with E-state index < -0.39 is 0 Å². The molecule has 1 aromatic heterocycles. The lowest BCUT2D eigenvalue weighted by molar-refractivity contribution is -0.141. The van der Waals surface area contributed by atoms with Gasteiger partial charge in [-0.3, -0.25) is 14.5 Å². The lowest BCUT2D eigenvalue weighted by Gasteiger charge is -2.47. The highest BCUT2D eigenvalue weighted by molar-refractivity contribution is 5.95. The molecule has 1 aromatic rings. The Labute approximate surface area is 172 Å². The van der Waals surface area contributed by atoms with Crippen molar-refractivity contribution in [1.82, 2.24) is 14.7 Å². The number of fused-ring (bicyclic) bond motifs is 1. The molecule has 7 heteroatoms. The largest absolute Gasteiger partial charge is 0.466 e. The molecule has 3 fully saturated rings. The minimum Gasteiger partial charge on any atom is -0.466 e. The summed E-state index contributed by atoms with van der Waals surface area (Å²) in [6, 6.07) is 1.83. The van der Waals surface area contributed by atoms with E-state index in [0.717, 1.165) is 51.2 Å². The summed E-state index contributed by atoms with van der Waals surface area (Å²) in [5.74, 6) is 1.79. The SMILES string of the molecule is COCCN1CC2(CCN(C(=O)c3cc(C)oc3C)CC2)[C@@]2(CCN(C)C2=O)C1. The zero-order valence-corrected chi connectivity index (χ0v) is 18.1. The van der Waals surface area contributed by atoms with Crippen molar-refractivity contribution in [2.75, 3.05) is 60.0 Å². The number of rotatable bonds is 4. The van der Waals surface area contributed by atoms with Gasteiger partial charge in [0.15, 0.2) is 0 Å². The molecule has 0 unspecified atom stereocenters. The van der Waals surface area contributed by atoms with Crippen molar-refractivity contribution in [3.05, 3.63) is 23.2 Å². The van der Waals surface area contributed by atoms with Crippen LogP contribution in [0.4, 0.5) is 0 Å². The van der Waals surface area contributed by atoms with Gasteiger partial charge < -0.3 is 19.0 Å². The van der Waals surface area contributed by atoms with E-state index in [1.54, 1.807) is 7.11 Å². The number of likely N-dealkylation sites (tertiary alicyclic amines) is 3. The number of carbonyl (C=O) groups excluding carboxylic acids is 2. The summed E-state index contributed by atoms with van der Waals surface area (Å²) >= 11 is 0. The van der Waals surface area contributed by atoms with Gasteiger partial charge in [-0.1, -0.05) is 0 Å². The molecule has 4 heterocycles. The quantitative estimate of drug-likeness (QED) is 0.769. The predicted octanol–water partition coefficient (Wildman–Crippen LogP) is 1.93. The molecule has 0 bridgehead atoms. The second-order valence-electron chi connectivity index (χ2n) is 9.16. The van der Waals surface area contributed by atoms with Gasteiger partial charge in [0.25, 0.3) is 5.91 Å². The van der Waals surface area contributed by atoms with Gasteiger partial charge in [0.05, 0.1) is 17.6 Å². The molecule has 0 aromatic carbocycles. The molecule has 2 amide bonds. The molecule has 1 atom stereocenters. The standard InChI is InChI=1S/C22H33N3O4/c1-16-13-18(17(2)29-16)19(26)25-9-5-21(6-10-25)14-24(11-12-28-4)15-22(21)7-8-23(3)20(22)27/h13H,5-12,14-15H2,1-4H3/t22-/m0/s1. The lowest BCUT2D eigenvalue weighted by Crippen LogP contribution is -2.53. The third-order valence-corrected chi connectivity index (χ3v) is 7.56. The van der Waals surface area contributed by atoms with E-state index >= 15 is 0 Å². The molecule has 2 spiro atoms. The van der Waals surface area contributed by atoms with Crippen LogP contribution in [0.1, 0.15) is 41.1 Å². The van der Waals surface area contributed by atoms with Crippen LogP contribution in [-0.4, -0.2) is 86.5 Å². The Morgan fingerprint density at radius 1 is 1.17 bits per heavy atom. The minimum absolute atomic E-state index is 0.0485. The summed E-state index contributed by atoms with van der Waals surface area (Å²) in [6.45, 7) is 9.20. The Hall–Kier alpha value is -1.86. The van der Waals surface area contributed by atoms with Crippen molar-refractivity contribution in [2.45, 2.75) is 33.1 Å². The number of carbonyl (C=O) groups is 2. The van der Waals surface area contributed by atoms with Crippen LogP contribution in [0.25, 0.3) is 0 Å². The van der Waals surface area contributed by atoms with Gasteiger partial charge in [0.2, 0.25) is 5.91 Å². The zero-order valence-electron chi connectivity index (χ0n) is 18.1. The lowest BCUT2D eigenvalue weighted by atomic mass is 9.60. The molecule has 29 heavy (non-hydrogen) atoms. The highest BCUT2D eigenvalue weighted by Crippen LogP contribution is 2.57. The van der Waals surface area contributed by atoms with Crippen molar-refractivity contribution in [3.63, 3.8) is 0 Å². The highest BCUT2D eigenvalue weighted by Gasteiger charge is 2.64. The predicted molar refractivity (Wildman–Crippen MR) is 109 cm³/mol. The molecule has 7 nitrogen and oxygen atoms in total. The molecule has 160 valence electrons. The van der Waals surface area contributed by atoms with Crippen molar-refractivity contribution < 1.29 is 18.7 Å². The van der Waals surface area contributed by atoms with Crippen molar-refractivity contribution in [2.24, 2.45) is 10.8 Å². The number of amides is 2. The van der Waals surface area contributed by atoms with Crippen LogP contribution in [0, 0.1) is 24.7 Å². The average Bonchev–Trinajstić information content (AvgIpc) is 3.30. The molecular formula is C22H33N3O4. The Bertz CT molecular complexity index is 796. The van der Waals surface area contributed by atoms with Crippen LogP contribution in [-0.2, 0) is 9.53 Å². The first kappa shape index (κ1) is 20.4. The molecule has 4 rings (SSSR count).